The molecule has 0 radical (unpaired) electrons. The number of benzene rings is 2. The summed E-state index contributed by atoms with van der Waals surface area (Å²) in [7, 11) is 1.70. The molecule has 3 aliphatic rings. The predicted molar refractivity (Wildman–Crippen MR) is 182 cm³/mol. The van der Waals surface area contributed by atoms with Crippen LogP contribution in [0.4, 0.5) is 0 Å². The van der Waals surface area contributed by atoms with E-state index in [1.54, 1.807) is 19.2 Å². The molecule has 0 amide bonds. The van der Waals surface area contributed by atoms with Gasteiger partial charge in [-0.3, -0.25) is 9.59 Å². The van der Waals surface area contributed by atoms with Crippen LogP contribution >= 0.6 is 39.1 Å². The molecule has 0 unspecified atom stereocenters. The van der Waals surface area contributed by atoms with Gasteiger partial charge in [0.25, 0.3) is 0 Å². The van der Waals surface area contributed by atoms with Crippen LogP contribution in [-0.4, -0.2) is 43.3 Å². The van der Waals surface area contributed by atoms with Gasteiger partial charge in [-0.25, -0.2) is 0 Å². The van der Waals surface area contributed by atoms with E-state index < -0.39 is 5.92 Å². The van der Waals surface area contributed by atoms with E-state index in [0.717, 1.165) is 52.9 Å². The molecular formula is C36H42BrCl2NO5. The number of nitrogens with zero attached hydrogens (tertiary/aromatic N) is 1. The van der Waals surface area contributed by atoms with Crippen LogP contribution in [0.2, 0.25) is 10.0 Å². The number of allylic oxidation sites excluding steroid dienone is 4. The van der Waals surface area contributed by atoms with Crippen LogP contribution in [0.3, 0.4) is 0 Å². The fourth-order valence-electron chi connectivity index (χ4n) is 6.96. The van der Waals surface area contributed by atoms with Crippen molar-refractivity contribution in [2.75, 3.05) is 26.9 Å². The van der Waals surface area contributed by atoms with Crippen molar-refractivity contribution in [2.24, 2.45) is 10.8 Å². The molecule has 0 bridgehead atoms. The Morgan fingerprint density at radius 3 is 2.09 bits per heavy atom. The van der Waals surface area contributed by atoms with Crippen molar-refractivity contribution in [1.29, 1.82) is 0 Å². The van der Waals surface area contributed by atoms with Gasteiger partial charge in [-0.2, -0.15) is 0 Å². The van der Waals surface area contributed by atoms with Crippen LogP contribution in [0.5, 0.6) is 11.5 Å². The number of halogens is 3. The van der Waals surface area contributed by atoms with Crippen molar-refractivity contribution in [3.05, 3.63) is 78.5 Å². The average molecular weight is 720 g/mol. The number of carbonyl (C=O) groups excluding carboxylic acids is 2. The molecule has 0 aromatic heterocycles. The zero-order valence-corrected chi connectivity index (χ0v) is 30.0. The molecule has 242 valence electrons. The summed E-state index contributed by atoms with van der Waals surface area (Å²) in [5, 5.41) is 1.07. The van der Waals surface area contributed by atoms with Crippen molar-refractivity contribution in [1.82, 2.24) is 4.90 Å². The number of ketones is 2. The minimum Gasteiger partial charge on any atom is -0.490 e. The maximum absolute atomic E-state index is 14.2. The Balaban J connectivity index is 1.65. The highest BCUT2D eigenvalue weighted by atomic mass is 79.9. The van der Waals surface area contributed by atoms with Gasteiger partial charge in [0.05, 0.1) is 11.1 Å². The van der Waals surface area contributed by atoms with Crippen molar-refractivity contribution in [3.63, 3.8) is 0 Å². The molecule has 1 heterocycles. The van der Waals surface area contributed by atoms with E-state index >= 15 is 0 Å². The van der Waals surface area contributed by atoms with Gasteiger partial charge in [0.1, 0.15) is 6.61 Å². The van der Waals surface area contributed by atoms with Crippen molar-refractivity contribution in [3.8, 4) is 11.5 Å². The average Bonchev–Trinajstić information content (AvgIpc) is 2.92. The number of rotatable bonds is 10. The molecule has 2 aromatic rings. The first-order valence-electron chi connectivity index (χ1n) is 15.6. The SMILES string of the molecule is CCOc1cc(C2C3=C(CC(C)(C)CC3=O)N(CCCOC)C3=C2C(=O)CC(C)(C)C3)cc(Br)c1OCc1ccc(Cl)cc1Cl. The summed E-state index contributed by atoms with van der Waals surface area (Å²) in [5.41, 5.74) is 4.77. The fraction of sp³-hybridized carbons (Fsp3) is 0.500. The van der Waals surface area contributed by atoms with E-state index in [4.69, 9.17) is 37.4 Å². The molecule has 2 aliphatic carbocycles. The van der Waals surface area contributed by atoms with Gasteiger partial charge < -0.3 is 19.1 Å². The van der Waals surface area contributed by atoms with Crippen LogP contribution < -0.4 is 9.47 Å². The summed E-state index contributed by atoms with van der Waals surface area (Å²) >= 11 is 16.3. The Morgan fingerprint density at radius 1 is 0.911 bits per heavy atom. The van der Waals surface area contributed by atoms with Crippen LogP contribution in [0.25, 0.3) is 0 Å². The van der Waals surface area contributed by atoms with Gasteiger partial charge in [-0.05, 0) is 82.8 Å². The van der Waals surface area contributed by atoms with Crippen LogP contribution in [0.1, 0.15) is 83.8 Å². The van der Waals surface area contributed by atoms with Crippen LogP contribution in [0, 0.1) is 10.8 Å². The number of Topliss-reactive ketones (excluding diaryl/α,β-unsaturated/α-hetero) is 2. The lowest BCUT2D eigenvalue weighted by Crippen LogP contribution is -2.44. The minimum absolute atomic E-state index is 0.0963. The molecule has 2 aromatic carbocycles. The van der Waals surface area contributed by atoms with E-state index in [1.807, 2.05) is 25.1 Å². The lowest BCUT2D eigenvalue weighted by Gasteiger charge is -2.49. The third kappa shape index (κ3) is 7.17. The summed E-state index contributed by atoms with van der Waals surface area (Å²) < 4.78 is 18.5. The monoisotopic (exact) mass is 717 g/mol. The zero-order chi connectivity index (χ0) is 32.7. The molecule has 0 N–H and O–H groups in total. The number of hydrogen-bond acceptors (Lipinski definition) is 6. The lowest BCUT2D eigenvalue weighted by molar-refractivity contribution is -0.119. The van der Waals surface area contributed by atoms with E-state index in [2.05, 4.69) is 48.5 Å². The second-order valence-corrected chi connectivity index (χ2v) is 15.5. The molecule has 5 rings (SSSR count). The zero-order valence-electron chi connectivity index (χ0n) is 27.0. The molecule has 0 spiro atoms. The first-order chi connectivity index (χ1) is 21.2. The Kier molecular flexibility index (Phi) is 10.2. The van der Waals surface area contributed by atoms with Crippen LogP contribution in [0.15, 0.2) is 57.3 Å². The quantitative estimate of drug-likeness (QED) is 0.228. The second kappa shape index (κ2) is 13.4. The standard InChI is InChI=1S/C36H42BrCl2NO5/c1-7-44-30-14-22(13-24(37)34(30)45-20-21-9-10-23(38)15-25(21)39)31-32-26(16-35(2,3)18-28(32)41)40(11-8-12-43-6)27-17-36(4,5)19-29(42)33(27)31/h9-10,13-15,31H,7-8,11-12,16-20H2,1-6H3. The molecule has 45 heavy (non-hydrogen) atoms. The van der Waals surface area contributed by atoms with Gasteiger partial charge in [0.2, 0.25) is 0 Å². The van der Waals surface area contributed by atoms with Crippen molar-refractivity contribution < 1.29 is 23.8 Å². The maximum atomic E-state index is 14.2. The number of carbonyl (C=O) groups is 2. The smallest absolute Gasteiger partial charge is 0.175 e. The maximum Gasteiger partial charge on any atom is 0.175 e. The summed E-state index contributed by atoms with van der Waals surface area (Å²) in [6.45, 7) is 12.4. The van der Waals surface area contributed by atoms with Crippen molar-refractivity contribution in [2.45, 2.75) is 79.2 Å². The molecule has 0 saturated carbocycles. The molecule has 9 heteroatoms. The van der Waals surface area contributed by atoms with Gasteiger partial charge in [-0.1, -0.05) is 57.0 Å². The second-order valence-electron chi connectivity index (χ2n) is 13.8. The summed E-state index contributed by atoms with van der Waals surface area (Å²) in [4.78, 5) is 30.6. The fourth-order valence-corrected chi connectivity index (χ4v) is 8.00. The number of hydrogen-bond donors (Lipinski definition) is 0. The van der Waals surface area contributed by atoms with Gasteiger partial charge in [0.15, 0.2) is 23.1 Å². The number of ether oxygens (including phenoxy) is 3. The molecule has 1 aliphatic heterocycles. The topological polar surface area (TPSA) is 65.1 Å². The van der Waals surface area contributed by atoms with Gasteiger partial charge >= 0.3 is 0 Å². The van der Waals surface area contributed by atoms with Crippen molar-refractivity contribution >= 4 is 50.7 Å². The van der Waals surface area contributed by atoms with Gasteiger partial charge in [0, 0.05) is 77.2 Å². The molecule has 0 fully saturated rings. The van der Waals surface area contributed by atoms with Crippen LogP contribution in [-0.2, 0) is 20.9 Å². The van der Waals surface area contributed by atoms with E-state index in [9.17, 15) is 9.59 Å². The minimum atomic E-state index is -0.490. The molecule has 6 nitrogen and oxygen atoms in total. The Morgan fingerprint density at radius 2 is 1.53 bits per heavy atom. The highest BCUT2D eigenvalue weighted by Gasteiger charge is 2.49. The first kappa shape index (κ1) is 34.0. The van der Waals surface area contributed by atoms with E-state index in [-0.39, 0.29) is 29.0 Å². The third-order valence-corrected chi connectivity index (χ3v) is 9.98. The molecular weight excluding hydrogens is 677 g/mol. The van der Waals surface area contributed by atoms with Gasteiger partial charge in [-0.15, -0.1) is 0 Å². The first-order valence-corrected chi connectivity index (χ1v) is 17.1. The van der Waals surface area contributed by atoms with E-state index in [1.165, 1.54) is 0 Å². The Bertz CT molecular complexity index is 1520. The Hall–Kier alpha value is -2.32. The summed E-state index contributed by atoms with van der Waals surface area (Å²) in [5.74, 6) is 0.763. The Labute approximate surface area is 285 Å². The highest BCUT2D eigenvalue weighted by Crippen LogP contribution is 2.55. The molecule has 0 saturated heterocycles. The third-order valence-electron chi connectivity index (χ3n) is 8.80. The largest absolute Gasteiger partial charge is 0.490 e. The van der Waals surface area contributed by atoms with E-state index in [0.29, 0.717) is 58.6 Å². The summed E-state index contributed by atoms with van der Waals surface area (Å²) in [6, 6.07) is 9.21. The normalized spacial score (nSPS) is 19.5. The predicted octanol–water partition coefficient (Wildman–Crippen LogP) is 9.46. The summed E-state index contributed by atoms with van der Waals surface area (Å²) in [6.07, 6.45) is 3.16. The highest BCUT2D eigenvalue weighted by molar-refractivity contribution is 9.10. The molecule has 0 atom stereocenters. The lowest BCUT2D eigenvalue weighted by atomic mass is 9.63. The number of methoxy groups -OCH3 is 1.